The van der Waals surface area contributed by atoms with Crippen molar-refractivity contribution < 1.29 is 19.1 Å². The molecular formula is C23H33N3O4. The van der Waals surface area contributed by atoms with Crippen molar-refractivity contribution in [3.63, 3.8) is 0 Å². The van der Waals surface area contributed by atoms with Crippen LogP contribution >= 0.6 is 0 Å². The number of rotatable bonds is 7. The Bertz CT molecular complexity index is 754. The molecule has 2 heterocycles. The average molecular weight is 416 g/mol. The molecule has 3 rings (SSSR count). The van der Waals surface area contributed by atoms with Crippen LogP contribution in [0.3, 0.4) is 0 Å². The van der Waals surface area contributed by atoms with Crippen LogP contribution in [0.5, 0.6) is 5.75 Å². The van der Waals surface area contributed by atoms with Gasteiger partial charge in [0.1, 0.15) is 5.75 Å². The van der Waals surface area contributed by atoms with Gasteiger partial charge in [-0.15, -0.1) is 0 Å². The predicted molar refractivity (Wildman–Crippen MR) is 115 cm³/mol. The van der Waals surface area contributed by atoms with Gasteiger partial charge in [0.2, 0.25) is 11.8 Å². The summed E-state index contributed by atoms with van der Waals surface area (Å²) in [4.78, 5) is 40.7. The van der Waals surface area contributed by atoms with Crippen molar-refractivity contribution >= 4 is 23.4 Å². The van der Waals surface area contributed by atoms with Crippen LogP contribution in [-0.4, -0.2) is 54.4 Å². The van der Waals surface area contributed by atoms with Crippen LogP contribution in [0.4, 0.5) is 5.69 Å². The van der Waals surface area contributed by atoms with Gasteiger partial charge in [0.15, 0.2) is 6.61 Å². The molecule has 0 spiro atoms. The molecule has 1 N–H and O–H groups in total. The lowest BCUT2D eigenvalue weighted by Gasteiger charge is -2.38. The molecule has 0 radical (unpaired) electrons. The number of nitrogens with one attached hydrogen (secondary N) is 1. The summed E-state index contributed by atoms with van der Waals surface area (Å²) in [5.41, 5.74) is 0.739. The van der Waals surface area contributed by atoms with Crippen molar-refractivity contribution in [3.8, 4) is 5.75 Å². The fourth-order valence-electron chi connectivity index (χ4n) is 4.38. The number of carbonyl (C=O) groups is 3. The summed E-state index contributed by atoms with van der Waals surface area (Å²) in [7, 11) is 0. The highest BCUT2D eigenvalue weighted by Gasteiger charge is 2.35. The van der Waals surface area contributed by atoms with Crippen molar-refractivity contribution in [2.75, 3.05) is 24.6 Å². The number of benzene rings is 1. The zero-order valence-electron chi connectivity index (χ0n) is 18.2. The number of likely N-dealkylation sites (tertiary alicyclic amines) is 1. The lowest BCUT2D eigenvalue weighted by atomic mass is 9.97. The first kappa shape index (κ1) is 22.1. The molecule has 2 saturated heterocycles. The standard InChI is InChI=1S/C23H33N3O4/c1-4-12-24-23(29)18-13-21(27)25(14-18)19-8-10-20(11-9-19)30-15-22(28)26-16(2)6-5-7-17(26)3/h8-11,16-18H,4-7,12-15H2,1-3H3,(H,24,29)/t16-,17+,18-/m0/s1. The normalized spacial score (nSPS) is 24.1. The smallest absolute Gasteiger partial charge is 0.260 e. The van der Waals surface area contributed by atoms with E-state index in [0.717, 1.165) is 31.4 Å². The number of hydrogen-bond acceptors (Lipinski definition) is 4. The number of carbonyl (C=O) groups excluding carboxylic acids is 3. The van der Waals surface area contributed by atoms with Gasteiger partial charge in [0.05, 0.1) is 5.92 Å². The van der Waals surface area contributed by atoms with Gasteiger partial charge in [-0.25, -0.2) is 0 Å². The number of ether oxygens (including phenoxy) is 1. The SMILES string of the molecule is CCCNC(=O)[C@H]1CC(=O)N(c2ccc(OCC(=O)N3[C@H](C)CCC[C@@H]3C)cc2)C1. The van der Waals surface area contributed by atoms with Gasteiger partial charge < -0.3 is 19.9 Å². The molecule has 164 valence electrons. The summed E-state index contributed by atoms with van der Waals surface area (Å²) in [5.74, 6) is 0.171. The highest BCUT2D eigenvalue weighted by Crippen LogP contribution is 2.27. The lowest BCUT2D eigenvalue weighted by molar-refractivity contribution is -0.139. The average Bonchev–Trinajstić information content (AvgIpc) is 3.12. The molecule has 0 aromatic heterocycles. The summed E-state index contributed by atoms with van der Waals surface area (Å²) in [6.45, 7) is 7.20. The van der Waals surface area contributed by atoms with E-state index in [1.165, 1.54) is 0 Å². The molecule has 1 aromatic carbocycles. The number of amides is 3. The van der Waals surface area contributed by atoms with Crippen LogP contribution in [0, 0.1) is 5.92 Å². The third-order valence-corrected chi connectivity index (χ3v) is 6.04. The van der Waals surface area contributed by atoms with E-state index >= 15 is 0 Å². The summed E-state index contributed by atoms with van der Waals surface area (Å²) in [6.07, 6.45) is 4.33. The molecule has 1 aromatic rings. The molecule has 2 aliphatic rings. The minimum Gasteiger partial charge on any atom is -0.484 e. The second-order valence-corrected chi connectivity index (χ2v) is 8.41. The Morgan fingerprint density at radius 1 is 1.13 bits per heavy atom. The summed E-state index contributed by atoms with van der Waals surface area (Å²) in [5, 5.41) is 2.86. The largest absolute Gasteiger partial charge is 0.484 e. The highest BCUT2D eigenvalue weighted by atomic mass is 16.5. The maximum Gasteiger partial charge on any atom is 0.260 e. The van der Waals surface area contributed by atoms with Crippen molar-refractivity contribution in [1.82, 2.24) is 10.2 Å². The maximum absolute atomic E-state index is 12.6. The first-order chi connectivity index (χ1) is 14.4. The number of nitrogens with zero attached hydrogens (tertiary/aromatic N) is 2. The molecule has 0 aliphatic carbocycles. The zero-order chi connectivity index (χ0) is 21.7. The minimum atomic E-state index is -0.314. The Balaban J connectivity index is 1.54. The molecular weight excluding hydrogens is 382 g/mol. The van der Waals surface area contributed by atoms with Crippen LogP contribution in [0.2, 0.25) is 0 Å². The fraction of sp³-hybridized carbons (Fsp3) is 0.609. The molecule has 30 heavy (non-hydrogen) atoms. The van der Waals surface area contributed by atoms with E-state index in [1.807, 2.05) is 11.8 Å². The Kier molecular flexibility index (Phi) is 7.34. The van der Waals surface area contributed by atoms with Crippen LogP contribution in [0.1, 0.15) is 52.9 Å². The van der Waals surface area contributed by atoms with E-state index in [9.17, 15) is 14.4 Å². The Labute approximate surface area is 178 Å². The monoisotopic (exact) mass is 415 g/mol. The quantitative estimate of drug-likeness (QED) is 0.743. The van der Waals surface area contributed by atoms with Crippen LogP contribution in [0.15, 0.2) is 24.3 Å². The first-order valence-corrected chi connectivity index (χ1v) is 11.0. The topological polar surface area (TPSA) is 79.0 Å². The van der Waals surface area contributed by atoms with Gasteiger partial charge in [0, 0.05) is 37.3 Å². The van der Waals surface area contributed by atoms with Gasteiger partial charge in [-0.2, -0.15) is 0 Å². The second kappa shape index (κ2) is 9.96. The summed E-state index contributed by atoms with van der Waals surface area (Å²) < 4.78 is 5.71. The fourth-order valence-corrected chi connectivity index (χ4v) is 4.38. The lowest BCUT2D eigenvalue weighted by Crippen LogP contribution is -2.49. The van der Waals surface area contributed by atoms with E-state index in [4.69, 9.17) is 4.74 Å². The van der Waals surface area contributed by atoms with E-state index in [0.29, 0.717) is 18.8 Å². The van der Waals surface area contributed by atoms with Crippen LogP contribution in [-0.2, 0) is 14.4 Å². The van der Waals surface area contributed by atoms with E-state index in [-0.39, 0.29) is 48.8 Å². The number of piperidine rings is 1. The third kappa shape index (κ3) is 5.12. The predicted octanol–water partition coefficient (Wildman–Crippen LogP) is 2.73. The van der Waals surface area contributed by atoms with Crippen molar-refractivity contribution in [2.24, 2.45) is 5.92 Å². The minimum absolute atomic E-state index is 0.00873. The molecule has 2 aliphatic heterocycles. The molecule has 7 nitrogen and oxygen atoms in total. The molecule has 3 atom stereocenters. The Hall–Kier alpha value is -2.57. The molecule has 0 bridgehead atoms. The zero-order valence-corrected chi connectivity index (χ0v) is 18.2. The van der Waals surface area contributed by atoms with Crippen LogP contribution in [0.25, 0.3) is 0 Å². The van der Waals surface area contributed by atoms with Gasteiger partial charge >= 0.3 is 0 Å². The molecule has 7 heteroatoms. The van der Waals surface area contributed by atoms with E-state index in [1.54, 1.807) is 29.2 Å². The molecule has 0 unspecified atom stereocenters. The molecule has 0 saturated carbocycles. The summed E-state index contributed by atoms with van der Waals surface area (Å²) >= 11 is 0. The summed E-state index contributed by atoms with van der Waals surface area (Å²) in [6, 6.07) is 7.63. The van der Waals surface area contributed by atoms with Crippen molar-refractivity contribution in [1.29, 1.82) is 0 Å². The van der Waals surface area contributed by atoms with Crippen molar-refractivity contribution in [3.05, 3.63) is 24.3 Å². The first-order valence-electron chi connectivity index (χ1n) is 11.0. The highest BCUT2D eigenvalue weighted by molar-refractivity contribution is 6.00. The van der Waals surface area contributed by atoms with E-state index in [2.05, 4.69) is 19.2 Å². The second-order valence-electron chi connectivity index (χ2n) is 8.41. The van der Waals surface area contributed by atoms with Gasteiger partial charge in [0.25, 0.3) is 5.91 Å². The number of hydrogen-bond donors (Lipinski definition) is 1. The van der Waals surface area contributed by atoms with E-state index < -0.39 is 0 Å². The Morgan fingerprint density at radius 2 is 1.80 bits per heavy atom. The van der Waals surface area contributed by atoms with Crippen LogP contribution < -0.4 is 15.0 Å². The van der Waals surface area contributed by atoms with Gasteiger partial charge in [-0.1, -0.05) is 6.92 Å². The Morgan fingerprint density at radius 3 is 2.43 bits per heavy atom. The molecule has 3 amide bonds. The van der Waals surface area contributed by atoms with Gasteiger partial charge in [-0.05, 0) is 63.8 Å². The maximum atomic E-state index is 12.6. The number of anilines is 1. The van der Waals surface area contributed by atoms with Gasteiger partial charge in [-0.3, -0.25) is 14.4 Å². The van der Waals surface area contributed by atoms with Crippen molar-refractivity contribution in [2.45, 2.75) is 65.0 Å². The molecule has 2 fully saturated rings. The third-order valence-electron chi connectivity index (χ3n) is 6.04.